The smallest absolute Gasteiger partial charge is 0.303 e. The number of aliphatic carboxylic acids is 1. The molecule has 0 amide bonds. The van der Waals surface area contributed by atoms with E-state index in [0.717, 1.165) is 19.3 Å². The van der Waals surface area contributed by atoms with Crippen LogP contribution in [0.5, 0.6) is 0 Å². The van der Waals surface area contributed by atoms with Crippen molar-refractivity contribution in [2.24, 2.45) is 0 Å². The summed E-state index contributed by atoms with van der Waals surface area (Å²) < 4.78 is 0. The minimum atomic E-state index is -0.773. The largest absolute Gasteiger partial charge is 0.481 e. The number of hydrogen-bond acceptors (Lipinski definition) is 3. The van der Waals surface area contributed by atoms with Gasteiger partial charge in [-0.3, -0.25) is 10.1 Å². The molecular formula is C20H32O4. The van der Waals surface area contributed by atoms with Crippen LogP contribution in [0.1, 0.15) is 64.7 Å². The molecule has 136 valence electrons. The monoisotopic (exact) mass is 336 g/mol. The van der Waals surface area contributed by atoms with E-state index in [1.54, 1.807) is 6.08 Å². The van der Waals surface area contributed by atoms with E-state index in [1.165, 1.54) is 19.3 Å². The van der Waals surface area contributed by atoms with E-state index in [1.807, 2.05) is 24.3 Å². The maximum atomic E-state index is 10.4. The Kier molecular flexibility index (Phi) is 16.5. The van der Waals surface area contributed by atoms with Crippen molar-refractivity contribution in [3.8, 4) is 0 Å². The lowest BCUT2D eigenvalue weighted by atomic mass is 10.1. The van der Waals surface area contributed by atoms with Gasteiger partial charge >= 0.3 is 5.97 Å². The number of carboxylic acids is 1. The molecule has 0 saturated heterocycles. The third kappa shape index (κ3) is 16.7. The van der Waals surface area contributed by atoms with Gasteiger partial charge in [0.2, 0.25) is 0 Å². The number of hydrogen-bond donors (Lipinski definition) is 2. The molecule has 0 saturated carbocycles. The number of carbonyl (C=O) groups is 1. The summed E-state index contributed by atoms with van der Waals surface area (Å²) >= 11 is 0. The van der Waals surface area contributed by atoms with Gasteiger partial charge in [-0.15, -0.1) is 0 Å². The topological polar surface area (TPSA) is 66.8 Å². The molecule has 2 N–H and O–H groups in total. The van der Waals surface area contributed by atoms with Gasteiger partial charge in [0.25, 0.3) is 0 Å². The first-order chi connectivity index (χ1) is 11.7. The Morgan fingerprint density at radius 2 is 1.75 bits per heavy atom. The SMILES string of the molecule is CCCCC/C=C\C/C=C\C=C/[C@@H](C/C=C/CCCC(=O)O)OO. The fourth-order valence-corrected chi connectivity index (χ4v) is 2.03. The van der Waals surface area contributed by atoms with Crippen molar-refractivity contribution in [3.05, 3.63) is 48.6 Å². The summed E-state index contributed by atoms with van der Waals surface area (Å²) in [5.41, 5.74) is 0. The highest BCUT2D eigenvalue weighted by Gasteiger charge is 2.00. The van der Waals surface area contributed by atoms with Crippen molar-refractivity contribution >= 4 is 5.97 Å². The molecule has 0 aromatic carbocycles. The summed E-state index contributed by atoms with van der Waals surface area (Å²) in [7, 11) is 0. The Bertz CT molecular complexity index is 408. The van der Waals surface area contributed by atoms with Crippen LogP contribution in [-0.2, 0) is 9.68 Å². The molecule has 0 aliphatic rings. The van der Waals surface area contributed by atoms with Crippen LogP contribution in [-0.4, -0.2) is 22.4 Å². The Morgan fingerprint density at radius 1 is 1.00 bits per heavy atom. The molecule has 24 heavy (non-hydrogen) atoms. The van der Waals surface area contributed by atoms with Crippen LogP contribution in [0.15, 0.2) is 48.6 Å². The van der Waals surface area contributed by atoms with Gasteiger partial charge in [0, 0.05) is 6.42 Å². The van der Waals surface area contributed by atoms with Crippen LogP contribution in [0.2, 0.25) is 0 Å². The maximum Gasteiger partial charge on any atom is 0.303 e. The predicted molar refractivity (Wildman–Crippen MR) is 98.9 cm³/mol. The third-order valence-electron chi connectivity index (χ3n) is 3.42. The molecule has 0 rings (SSSR count). The number of rotatable bonds is 15. The molecular weight excluding hydrogens is 304 g/mol. The molecule has 0 aromatic rings. The molecule has 0 spiro atoms. The average Bonchev–Trinajstić information content (AvgIpc) is 2.57. The quantitative estimate of drug-likeness (QED) is 0.133. The zero-order chi connectivity index (χ0) is 17.9. The second-order valence-electron chi connectivity index (χ2n) is 5.65. The van der Waals surface area contributed by atoms with Crippen LogP contribution in [0.4, 0.5) is 0 Å². The van der Waals surface area contributed by atoms with E-state index in [2.05, 4.69) is 30.0 Å². The van der Waals surface area contributed by atoms with Gasteiger partial charge in [0.1, 0.15) is 6.10 Å². The van der Waals surface area contributed by atoms with Crippen molar-refractivity contribution in [2.45, 2.75) is 70.8 Å². The van der Waals surface area contributed by atoms with Crippen molar-refractivity contribution < 1.29 is 20.0 Å². The Labute approximate surface area is 146 Å². The normalized spacial score (nSPS) is 13.8. The lowest BCUT2D eigenvalue weighted by Crippen LogP contribution is -2.04. The molecule has 0 aliphatic heterocycles. The van der Waals surface area contributed by atoms with E-state index >= 15 is 0 Å². The second kappa shape index (κ2) is 17.7. The van der Waals surface area contributed by atoms with E-state index in [0.29, 0.717) is 12.8 Å². The molecule has 0 unspecified atom stereocenters. The molecule has 0 aliphatic carbocycles. The van der Waals surface area contributed by atoms with E-state index in [-0.39, 0.29) is 12.5 Å². The van der Waals surface area contributed by atoms with Gasteiger partial charge in [0.05, 0.1) is 0 Å². The zero-order valence-electron chi connectivity index (χ0n) is 14.8. The highest BCUT2D eigenvalue weighted by Crippen LogP contribution is 2.04. The van der Waals surface area contributed by atoms with Crippen molar-refractivity contribution in [2.75, 3.05) is 0 Å². The van der Waals surface area contributed by atoms with Crippen molar-refractivity contribution in [1.82, 2.24) is 0 Å². The van der Waals surface area contributed by atoms with Crippen LogP contribution in [0.25, 0.3) is 0 Å². The van der Waals surface area contributed by atoms with Gasteiger partial charge in [-0.05, 0) is 38.5 Å². The van der Waals surface area contributed by atoms with Crippen molar-refractivity contribution in [1.29, 1.82) is 0 Å². The van der Waals surface area contributed by atoms with Crippen LogP contribution >= 0.6 is 0 Å². The van der Waals surface area contributed by atoms with E-state index in [4.69, 9.17) is 10.4 Å². The maximum absolute atomic E-state index is 10.4. The summed E-state index contributed by atoms with van der Waals surface area (Å²) in [6.45, 7) is 2.21. The third-order valence-corrected chi connectivity index (χ3v) is 3.42. The minimum absolute atomic E-state index is 0.183. The number of unbranched alkanes of at least 4 members (excludes halogenated alkanes) is 4. The molecule has 0 heterocycles. The Balaban J connectivity index is 3.81. The minimum Gasteiger partial charge on any atom is -0.481 e. The lowest BCUT2D eigenvalue weighted by Gasteiger charge is -2.04. The molecule has 0 aromatic heterocycles. The molecule has 4 heteroatoms. The van der Waals surface area contributed by atoms with Gasteiger partial charge in [-0.2, -0.15) is 0 Å². The van der Waals surface area contributed by atoms with Gasteiger partial charge < -0.3 is 5.11 Å². The van der Waals surface area contributed by atoms with E-state index < -0.39 is 5.97 Å². The summed E-state index contributed by atoms with van der Waals surface area (Å²) in [4.78, 5) is 14.8. The van der Waals surface area contributed by atoms with Gasteiger partial charge in [-0.25, -0.2) is 4.89 Å². The van der Waals surface area contributed by atoms with Crippen molar-refractivity contribution in [3.63, 3.8) is 0 Å². The predicted octanol–water partition coefficient (Wildman–Crippen LogP) is 5.68. The molecule has 0 bridgehead atoms. The van der Waals surface area contributed by atoms with Crippen LogP contribution in [0, 0.1) is 0 Å². The van der Waals surface area contributed by atoms with E-state index in [9.17, 15) is 4.79 Å². The fraction of sp³-hybridized carbons (Fsp3) is 0.550. The fourth-order valence-electron chi connectivity index (χ4n) is 2.03. The molecule has 4 nitrogen and oxygen atoms in total. The summed E-state index contributed by atoms with van der Waals surface area (Å²) in [6.07, 6.45) is 23.4. The number of allylic oxidation sites excluding steroid dienone is 6. The number of carboxylic acid groups (broad SMARTS) is 1. The Morgan fingerprint density at radius 3 is 2.46 bits per heavy atom. The lowest BCUT2D eigenvalue weighted by molar-refractivity contribution is -0.264. The summed E-state index contributed by atoms with van der Waals surface area (Å²) in [5, 5.41) is 17.4. The highest BCUT2D eigenvalue weighted by molar-refractivity contribution is 5.66. The standard InChI is InChI=1S/C20H32O4/c1-2-3-4-5-6-7-8-9-10-13-16-19(24-23)17-14-11-12-15-18-20(21)22/h6-7,9-11,13-14,16,19,23H,2-5,8,12,15,17-18H2,1H3,(H,21,22)/b7-6-,10-9-,14-11+,16-13-/t19-/m0/s1. The molecule has 0 radical (unpaired) electrons. The summed E-state index contributed by atoms with van der Waals surface area (Å²) in [6, 6.07) is 0. The Hall–Kier alpha value is -1.65. The zero-order valence-corrected chi connectivity index (χ0v) is 14.8. The highest BCUT2D eigenvalue weighted by atomic mass is 17.1. The molecule has 0 fully saturated rings. The first-order valence-corrected chi connectivity index (χ1v) is 8.86. The average molecular weight is 336 g/mol. The van der Waals surface area contributed by atoms with Crippen LogP contribution in [0.3, 0.4) is 0 Å². The van der Waals surface area contributed by atoms with Crippen LogP contribution < -0.4 is 0 Å². The second-order valence-corrected chi connectivity index (χ2v) is 5.65. The van der Waals surface area contributed by atoms with Gasteiger partial charge in [0.15, 0.2) is 0 Å². The summed E-state index contributed by atoms with van der Waals surface area (Å²) in [5.74, 6) is -0.773. The van der Waals surface area contributed by atoms with Gasteiger partial charge in [-0.1, -0.05) is 68.4 Å². The first kappa shape index (κ1) is 22.4. The molecule has 1 atom stereocenters. The first-order valence-electron chi connectivity index (χ1n) is 8.86.